The molecule has 0 fully saturated rings. The van der Waals surface area contributed by atoms with E-state index < -0.39 is 8.24 Å². The molecule has 0 unspecified atom stereocenters. The van der Waals surface area contributed by atoms with Crippen LogP contribution >= 0.6 is 0 Å². The van der Waals surface area contributed by atoms with Gasteiger partial charge in [-0.05, 0) is 25.6 Å². The number of rotatable bonds is 2. The lowest BCUT2D eigenvalue weighted by Gasteiger charge is -2.14. The van der Waals surface area contributed by atoms with E-state index in [4.69, 9.17) is 0 Å². The third-order valence-electron chi connectivity index (χ3n) is 1.79. The SMILES string of the molecule is CC(C)c1cn([Si](C)(C)C)nn1. The Kier molecular flexibility index (Phi) is 2.37. The molecule has 0 aliphatic carbocycles. The van der Waals surface area contributed by atoms with Gasteiger partial charge in [-0.2, -0.15) is 0 Å². The van der Waals surface area contributed by atoms with Crippen molar-refractivity contribution >= 4 is 8.24 Å². The Hall–Kier alpha value is -0.643. The standard InChI is InChI=1S/C8H17N3Si/c1-7(2)8-6-11(10-9-8)12(3,4)5/h6-7H,1-5H3. The fourth-order valence-electron chi connectivity index (χ4n) is 0.869. The maximum absolute atomic E-state index is 4.14. The smallest absolute Gasteiger partial charge is 0.178 e. The maximum atomic E-state index is 4.14. The predicted octanol–water partition coefficient (Wildman–Crippen LogP) is 2.08. The van der Waals surface area contributed by atoms with Crippen LogP contribution in [0, 0.1) is 0 Å². The Morgan fingerprint density at radius 1 is 1.33 bits per heavy atom. The summed E-state index contributed by atoms with van der Waals surface area (Å²) in [6, 6.07) is 0. The monoisotopic (exact) mass is 183 g/mol. The predicted molar refractivity (Wildman–Crippen MR) is 52.9 cm³/mol. The highest BCUT2D eigenvalue weighted by Gasteiger charge is 2.18. The topological polar surface area (TPSA) is 30.7 Å². The van der Waals surface area contributed by atoms with Crippen molar-refractivity contribution in [3.63, 3.8) is 0 Å². The molecule has 1 heterocycles. The van der Waals surface area contributed by atoms with Crippen molar-refractivity contribution in [2.45, 2.75) is 39.4 Å². The summed E-state index contributed by atoms with van der Waals surface area (Å²) in [6.45, 7) is 11.0. The van der Waals surface area contributed by atoms with Gasteiger partial charge in [0.25, 0.3) is 0 Å². The number of nitrogens with zero attached hydrogens (tertiary/aromatic N) is 3. The van der Waals surface area contributed by atoms with Crippen LogP contribution in [0.3, 0.4) is 0 Å². The minimum Gasteiger partial charge on any atom is -0.282 e. The Bertz CT molecular complexity index is 260. The number of hydrogen-bond acceptors (Lipinski definition) is 2. The first-order valence-electron chi connectivity index (χ1n) is 4.34. The van der Waals surface area contributed by atoms with E-state index in [0.717, 1.165) is 5.69 Å². The molecule has 0 aliphatic rings. The molecule has 0 radical (unpaired) electrons. The molecule has 1 aromatic rings. The third-order valence-corrected chi connectivity index (χ3v) is 3.38. The van der Waals surface area contributed by atoms with Gasteiger partial charge in [0.05, 0.1) is 5.69 Å². The van der Waals surface area contributed by atoms with E-state index in [1.165, 1.54) is 0 Å². The summed E-state index contributed by atoms with van der Waals surface area (Å²) in [4.78, 5) is 0. The minimum atomic E-state index is -1.32. The fraction of sp³-hybridized carbons (Fsp3) is 0.750. The molecule has 1 aromatic heterocycles. The quantitative estimate of drug-likeness (QED) is 0.657. The molecule has 0 amide bonds. The lowest BCUT2D eigenvalue weighted by Crippen LogP contribution is -2.32. The number of hydrogen-bond donors (Lipinski definition) is 0. The average molecular weight is 183 g/mol. The van der Waals surface area contributed by atoms with E-state index in [1.807, 2.05) is 4.35 Å². The molecule has 3 nitrogen and oxygen atoms in total. The van der Waals surface area contributed by atoms with Crippen molar-refractivity contribution in [1.29, 1.82) is 0 Å². The first-order chi connectivity index (χ1) is 5.41. The summed E-state index contributed by atoms with van der Waals surface area (Å²) >= 11 is 0. The summed E-state index contributed by atoms with van der Waals surface area (Å²) in [7, 11) is -1.32. The van der Waals surface area contributed by atoms with E-state index >= 15 is 0 Å². The molecule has 0 saturated heterocycles. The fourth-order valence-corrected chi connectivity index (χ4v) is 1.70. The van der Waals surface area contributed by atoms with Crippen LogP contribution in [0.4, 0.5) is 0 Å². The van der Waals surface area contributed by atoms with E-state index in [0.29, 0.717) is 5.92 Å². The van der Waals surface area contributed by atoms with Crippen LogP contribution in [0.1, 0.15) is 25.5 Å². The summed E-state index contributed by atoms with van der Waals surface area (Å²) in [6.07, 6.45) is 2.08. The maximum Gasteiger partial charge on any atom is 0.178 e. The van der Waals surface area contributed by atoms with Crippen molar-refractivity contribution < 1.29 is 0 Å². The molecule has 0 bridgehead atoms. The largest absolute Gasteiger partial charge is 0.282 e. The van der Waals surface area contributed by atoms with Crippen molar-refractivity contribution in [3.05, 3.63) is 11.9 Å². The second kappa shape index (κ2) is 3.01. The van der Waals surface area contributed by atoms with Crippen LogP contribution < -0.4 is 0 Å². The Balaban J connectivity index is 2.92. The molecule has 0 aliphatic heterocycles. The van der Waals surface area contributed by atoms with E-state index in [9.17, 15) is 0 Å². The van der Waals surface area contributed by atoms with Crippen molar-refractivity contribution in [2.75, 3.05) is 0 Å². The summed E-state index contributed by atoms with van der Waals surface area (Å²) < 4.78 is 2.04. The second-order valence-corrected chi connectivity index (χ2v) is 9.21. The zero-order valence-electron chi connectivity index (χ0n) is 8.50. The minimum absolute atomic E-state index is 0.482. The van der Waals surface area contributed by atoms with Gasteiger partial charge in [0.15, 0.2) is 8.24 Å². The zero-order valence-corrected chi connectivity index (χ0v) is 9.50. The van der Waals surface area contributed by atoms with Gasteiger partial charge in [0.2, 0.25) is 0 Å². The second-order valence-electron chi connectivity index (χ2n) is 4.41. The van der Waals surface area contributed by atoms with E-state index in [2.05, 4.69) is 50.0 Å². The van der Waals surface area contributed by atoms with Gasteiger partial charge in [-0.1, -0.05) is 19.1 Å². The summed E-state index contributed by atoms with van der Waals surface area (Å²) in [5.41, 5.74) is 1.09. The van der Waals surface area contributed by atoms with Crippen molar-refractivity contribution in [3.8, 4) is 0 Å². The molecule has 0 aromatic carbocycles. The van der Waals surface area contributed by atoms with Gasteiger partial charge in [0, 0.05) is 6.20 Å². The van der Waals surface area contributed by atoms with Gasteiger partial charge >= 0.3 is 0 Å². The highest BCUT2D eigenvalue weighted by atomic mass is 28.3. The van der Waals surface area contributed by atoms with Gasteiger partial charge < -0.3 is 0 Å². The molecule has 0 saturated carbocycles. The third kappa shape index (κ3) is 1.94. The van der Waals surface area contributed by atoms with Gasteiger partial charge in [-0.3, -0.25) is 4.35 Å². The van der Waals surface area contributed by atoms with Crippen LogP contribution in [0.15, 0.2) is 6.20 Å². The van der Waals surface area contributed by atoms with E-state index in [1.54, 1.807) is 0 Å². The Morgan fingerprint density at radius 2 is 1.92 bits per heavy atom. The number of aromatic nitrogens is 3. The lowest BCUT2D eigenvalue weighted by molar-refractivity contribution is 0.790. The normalized spacial score (nSPS) is 12.5. The van der Waals surface area contributed by atoms with Crippen LogP contribution in [-0.4, -0.2) is 22.9 Å². The molecule has 0 atom stereocenters. The summed E-state index contributed by atoms with van der Waals surface area (Å²) in [5.74, 6) is 0.482. The van der Waals surface area contributed by atoms with Crippen molar-refractivity contribution in [2.24, 2.45) is 0 Å². The Morgan fingerprint density at radius 3 is 2.17 bits per heavy atom. The van der Waals surface area contributed by atoms with Gasteiger partial charge in [-0.25, -0.2) is 0 Å². The highest BCUT2D eigenvalue weighted by molar-refractivity contribution is 6.74. The first kappa shape index (κ1) is 9.44. The molecule has 12 heavy (non-hydrogen) atoms. The van der Waals surface area contributed by atoms with Crippen LogP contribution in [0.2, 0.25) is 19.6 Å². The molecule has 0 N–H and O–H groups in total. The van der Waals surface area contributed by atoms with Gasteiger partial charge in [-0.15, -0.1) is 5.10 Å². The highest BCUT2D eigenvalue weighted by Crippen LogP contribution is 2.12. The van der Waals surface area contributed by atoms with Crippen molar-refractivity contribution in [1.82, 2.24) is 14.7 Å². The molecular weight excluding hydrogens is 166 g/mol. The van der Waals surface area contributed by atoms with Gasteiger partial charge in [0.1, 0.15) is 0 Å². The first-order valence-corrected chi connectivity index (χ1v) is 7.78. The van der Waals surface area contributed by atoms with Crippen LogP contribution in [-0.2, 0) is 0 Å². The Labute approximate surface area is 74.9 Å². The average Bonchev–Trinajstić information content (AvgIpc) is 2.30. The molecule has 0 spiro atoms. The lowest BCUT2D eigenvalue weighted by atomic mass is 10.2. The molecule has 4 heteroatoms. The zero-order chi connectivity index (χ0) is 9.35. The molecule has 1 rings (SSSR count). The van der Waals surface area contributed by atoms with Crippen LogP contribution in [0.25, 0.3) is 0 Å². The molecule has 68 valence electrons. The summed E-state index contributed by atoms with van der Waals surface area (Å²) in [5, 5.41) is 8.27. The molecular formula is C8H17N3Si. The van der Waals surface area contributed by atoms with E-state index in [-0.39, 0.29) is 0 Å². The van der Waals surface area contributed by atoms with Crippen LogP contribution in [0.5, 0.6) is 0 Å².